The highest BCUT2D eigenvalue weighted by Crippen LogP contribution is 1.98. The number of aromatic nitrogens is 1. The van der Waals surface area contributed by atoms with Gasteiger partial charge in [-0.1, -0.05) is 13.3 Å². The van der Waals surface area contributed by atoms with Crippen LogP contribution in [0.1, 0.15) is 32.3 Å². The maximum Gasteiger partial charge on any atom is 0.315 e. The molecule has 0 aliphatic heterocycles. The van der Waals surface area contributed by atoms with Crippen LogP contribution in [0.25, 0.3) is 0 Å². The van der Waals surface area contributed by atoms with Gasteiger partial charge < -0.3 is 15.2 Å². The molecule has 4 heteroatoms. The lowest BCUT2D eigenvalue weighted by molar-refractivity contribution is 0.236. The number of amides is 2. The van der Waals surface area contributed by atoms with E-state index in [1.807, 2.05) is 37.0 Å². The first kappa shape index (κ1) is 12.6. The minimum Gasteiger partial charge on any atom is -0.357 e. The largest absolute Gasteiger partial charge is 0.357 e. The average Bonchev–Trinajstić information content (AvgIpc) is 2.61. The number of carbonyl (C=O) groups excluding carboxylic acids is 1. The van der Waals surface area contributed by atoms with Crippen LogP contribution in [0, 0.1) is 0 Å². The Labute approximate surface area is 97.0 Å². The smallest absolute Gasteiger partial charge is 0.315 e. The predicted molar refractivity (Wildman–Crippen MR) is 65.2 cm³/mol. The third-order valence-electron chi connectivity index (χ3n) is 2.45. The SMILES string of the molecule is CCCC(C)NC(=O)NCc1ccn(C)c1. The lowest BCUT2D eigenvalue weighted by Gasteiger charge is -2.13. The first-order valence-corrected chi connectivity index (χ1v) is 5.77. The van der Waals surface area contributed by atoms with Gasteiger partial charge in [0.25, 0.3) is 0 Å². The second-order valence-electron chi connectivity index (χ2n) is 4.20. The molecule has 1 heterocycles. The quantitative estimate of drug-likeness (QED) is 0.788. The third-order valence-corrected chi connectivity index (χ3v) is 2.45. The molecule has 2 amide bonds. The molecule has 4 nitrogen and oxygen atoms in total. The number of hydrogen-bond donors (Lipinski definition) is 2. The van der Waals surface area contributed by atoms with Gasteiger partial charge >= 0.3 is 6.03 Å². The first-order chi connectivity index (χ1) is 7.61. The maximum atomic E-state index is 11.5. The van der Waals surface area contributed by atoms with Crippen LogP contribution in [0.4, 0.5) is 4.79 Å². The standard InChI is InChI=1S/C12H21N3O/c1-4-5-10(2)14-12(16)13-8-11-6-7-15(3)9-11/h6-7,9-10H,4-5,8H2,1-3H3,(H2,13,14,16). The van der Waals surface area contributed by atoms with E-state index in [4.69, 9.17) is 0 Å². The normalized spacial score (nSPS) is 12.2. The van der Waals surface area contributed by atoms with Crippen LogP contribution in [0.5, 0.6) is 0 Å². The van der Waals surface area contributed by atoms with Crippen LogP contribution in [0.2, 0.25) is 0 Å². The van der Waals surface area contributed by atoms with Crippen LogP contribution in [-0.2, 0) is 13.6 Å². The van der Waals surface area contributed by atoms with Gasteiger partial charge in [-0.15, -0.1) is 0 Å². The van der Waals surface area contributed by atoms with Gasteiger partial charge in [0.15, 0.2) is 0 Å². The fourth-order valence-corrected chi connectivity index (χ4v) is 1.63. The Balaban J connectivity index is 2.25. The molecule has 0 saturated carbocycles. The third kappa shape index (κ3) is 4.38. The predicted octanol–water partition coefficient (Wildman–Crippen LogP) is 2.01. The lowest BCUT2D eigenvalue weighted by atomic mass is 10.2. The van der Waals surface area contributed by atoms with Crippen molar-refractivity contribution >= 4 is 6.03 Å². The number of carbonyl (C=O) groups is 1. The molecule has 0 saturated heterocycles. The Morgan fingerprint density at radius 1 is 1.56 bits per heavy atom. The maximum absolute atomic E-state index is 11.5. The van der Waals surface area contributed by atoms with E-state index < -0.39 is 0 Å². The van der Waals surface area contributed by atoms with E-state index in [-0.39, 0.29) is 12.1 Å². The molecule has 1 aromatic heterocycles. The number of urea groups is 1. The molecule has 0 aromatic carbocycles. The number of hydrogen-bond acceptors (Lipinski definition) is 1. The summed E-state index contributed by atoms with van der Waals surface area (Å²) < 4.78 is 1.97. The van der Waals surface area contributed by atoms with Crippen molar-refractivity contribution in [2.45, 2.75) is 39.3 Å². The summed E-state index contributed by atoms with van der Waals surface area (Å²) in [6, 6.07) is 2.14. The van der Waals surface area contributed by atoms with E-state index >= 15 is 0 Å². The summed E-state index contributed by atoms with van der Waals surface area (Å²) in [4.78, 5) is 11.5. The molecule has 1 aromatic rings. The zero-order valence-electron chi connectivity index (χ0n) is 10.3. The average molecular weight is 223 g/mol. The zero-order chi connectivity index (χ0) is 12.0. The lowest BCUT2D eigenvalue weighted by Crippen LogP contribution is -2.40. The van der Waals surface area contributed by atoms with E-state index in [1.165, 1.54) is 0 Å². The summed E-state index contributed by atoms with van der Waals surface area (Å²) in [5.74, 6) is 0. The molecule has 0 bridgehead atoms. The first-order valence-electron chi connectivity index (χ1n) is 5.77. The van der Waals surface area contributed by atoms with Crippen LogP contribution in [-0.4, -0.2) is 16.6 Å². The molecular formula is C12H21N3O. The second kappa shape index (κ2) is 6.20. The van der Waals surface area contributed by atoms with E-state index in [0.29, 0.717) is 6.54 Å². The Hall–Kier alpha value is -1.45. The fourth-order valence-electron chi connectivity index (χ4n) is 1.63. The molecule has 2 N–H and O–H groups in total. The van der Waals surface area contributed by atoms with Gasteiger partial charge in [-0.3, -0.25) is 0 Å². The van der Waals surface area contributed by atoms with Gasteiger partial charge in [0, 0.05) is 32.0 Å². The zero-order valence-corrected chi connectivity index (χ0v) is 10.3. The molecule has 90 valence electrons. The van der Waals surface area contributed by atoms with E-state index in [0.717, 1.165) is 18.4 Å². The Morgan fingerprint density at radius 2 is 2.31 bits per heavy atom. The Bertz CT molecular complexity index is 333. The highest BCUT2D eigenvalue weighted by molar-refractivity contribution is 5.74. The number of rotatable bonds is 5. The Morgan fingerprint density at radius 3 is 2.88 bits per heavy atom. The van der Waals surface area contributed by atoms with Crippen LogP contribution >= 0.6 is 0 Å². The molecule has 16 heavy (non-hydrogen) atoms. The molecule has 0 spiro atoms. The summed E-state index contributed by atoms with van der Waals surface area (Å²) in [6.07, 6.45) is 6.06. The summed E-state index contributed by atoms with van der Waals surface area (Å²) in [7, 11) is 1.97. The van der Waals surface area contributed by atoms with E-state index in [2.05, 4.69) is 17.6 Å². The molecule has 0 aliphatic rings. The van der Waals surface area contributed by atoms with Crippen molar-refractivity contribution in [1.82, 2.24) is 15.2 Å². The summed E-state index contributed by atoms with van der Waals surface area (Å²) in [5.41, 5.74) is 1.11. The van der Waals surface area contributed by atoms with Gasteiger partial charge in [0.05, 0.1) is 0 Å². The van der Waals surface area contributed by atoms with E-state index in [9.17, 15) is 4.79 Å². The van der Waals surface area contributed by atoms with Crippen molar-refractivity contribution in [3.05, 3.63) is 24.0 Å². The van der Waals surface area contributed by atoms with Crippen molar-refractivity contribution in [3.8, 4) is 0 Å². The van der Waals surface area contributed by atoms with Crippen molar-refractivity contribution in [3.63, 3.8) is 0 Å². The van der Waals surface area contributed by atoms with Gasteiger partial charge in [0.2, 0.25) is 0 Å². The van der Waals surface area contributed by atoms with Crippen molar-refractivity contribution < 1.29 is 4.79 Å². The van der Waals surface area contributed by atoms with Gasteiger partial charge in [-0.05, 0) is 25.0 Å². The van der Waals surface area contributed by atoms with Crippen LogP contribution < -0.4 is 10.6 Å². The van der Waals surface area contributed by atoms with Crippen molar-refractivity contribution in [2.24, 2.45) is 7.05 Å². The molecule has 0 radical (unpaired) electrons. The molecule has 0 fully saturated rings. The molecular weight excluding hydrogens is 202 g/mol. The molecule has 1 rings (SSSR count). The highest BCUT2D eigenvalue weighted by Gasteiger charge is 2.05. The van der Waals surface area contributed by atoms with Gasteiger partial charge in [-0.2, -0.15) is 0 Å². The minimum atomic E-state index is -0.0928. The Kier molecular flexibility index (Phi) is 4.89. The topological polar surface area (TPSA) is 46.1 Å². The van der Waals surface area contributed by atoms with E-state index in [1.54, 1.807) is 0 Å². The minimum absolute atomic E-state index is 0.0928. The highest BCUT2D eigenvalue weighted by atomic mass is 16.2. The molecule has 0 aliphatic carbocycles. The number of nitrogens with zero attached hydrogens (tertiary/aromatic N) is 1. The number of nitrogens with one attached hydrogen (secondary N) is 2. The number of aryl methyl sites for hydroxylation is 1. The monoisotopic (exact) mass is 223 g/mol. The molecule has 1 unspecified atom stereocenters. The summed E-state index contributed by atoms with van der Waals surface area (Å²) in [6.45, 7) is 4.71. The summed E-state index contributed by atoms with van der Waals surface area (Å²) >= 11 is 0. The summed E-state index contributed by atoms with van der Waals surface area (Å²) in [5, 5.41) is 5.74. The van der Waals surface area contributed by atoms with Crippen molar-refractivity contribution in [1.29, 1.82) is 0 Å². The molecule has 1 atom stereocenters. The second-order valence-corrected chi connectivity index (χ2v) is 4.20. The van der Waals surface area contributed by atoms with Crippen LogP contribution in [0.15, 0.2) is 18.5 Å². The van der Waals surface area contributed by atoms with Gasteiger partial charge in [0.1, 0.15) is 0 Å². The van der Waals surface area contributed by atoms with Crippen LogP contribution in [0.3, 0.4) is 0 Å². The fraction of sp³-hybridized carbons (Fsp3) is 0.583. The van der Waals surface area contributed by atoms with Crippen molar-refractivity contribution in [2.75, 3.05) is 0 Å². The van der Waals surface area contributed by atoms with Gasteiger partial charge in [-0.25, -0.2) is 4.79 Å².